The Hall–Kier alpha value is -2.66. The number of aromatic nitrogens is 4. The zero-order valence-corrected chi connectivity index (χ0v) is 13.2. The van der Waals surface area contributed by atoms with Gasteiger partial charge >= 0.3 is 0 Å². The van der Waals surface area contributed by atoms with Crippen molar-refractivity contribution in [3.63, 3.8) is 0 Å². The molecule has 0 spiro atoms. The van der Waals surface area contributed by atoms with Gasteiger partial charge in [-0.1, -0.05) is 29.8 Å². The van der Waals surface area contributed by atoms with Crippen molar-refractivity contribution in [3.05, 3.63) is 71.2 Å². The number of benzene rings is 1. The van der Waals surface area contributed by atoms with Crippen molar-refractivity contribution in [2.45, 2.75) is 13.3 Å². The summed E-state index contributed by atoms with van der Waals surface area (Å²) in [6.07, 6.45) is 2.50. The van der Waals surface area contributed by atoms with Gasteiger partial charge in [0.05, 0.1) is 17.8 Å². The second-order valence-electron chi connectivity index (χ2n) is 5.23. The first-order valence-corrected chi connectivity index (χ1v) is 7.59. The molecular weight excluding hydrogens is 312 g/mol. The van der Waals surface area contributed by atoms with Crippen LogP contribution in [0.15, 0.2) is 53.1 Å². The minimum Gasteiger partial charge on any atom is -0.425 e. The van der Waals surface area contributed by atoms with Crippen molar-refractivity contribution in [2.24, 2.45) is 0 Å². The number of pyridine rings is 1. The van der Waals surface area contributed by atoms with Gasteiger partial charge in [0.25, 0.3) is 0 Å². The minimum atomic E-state index is 0.518. The van der Waals surface area contributed by atoms with Crippen LogP contribution in [-0.4, -0.2) is 19.6 Å². The number of imidazole rings is 1. The van der Waals surface area contributed by atoms with E-state index in [1.54, 1.807) is 6.92 Å². The molecule has 0 saturated carbocycles. The number of halogens is 1. The Morgan fingerprint density at radius 3 is 2.65 bits per heavy atom. The summed E-state index contributed by atoms with van der Waals surface area (Å²) in [6, 6.07) is 13.6. The maximum Gasteiger partial charge on any atom is 0.222 e. The maximum absolute atomic E-state index is 5.99. The molecule has 3 heterocycles. The highest BCUT2D eigenvalue weighted by molar-refractivity contribution is 6.30. The fraction of sp³-hybridized carbons (Fsp3) is 0.118. The summed E-state index contributed by atoms with van der Waals surface area (Å²) in [4.78, 5) is 4.75. The lowest BCUT2D eigenvalue weighted by molar-refractivity contribution is 0.475. The van der Waals surface area contributed by atoms with E-state index in [0.717, 1.165) is 22.6 Å². The molecule has 5 nitrogen and oxygen atoms in total. The topological polar surface area (TPSA) is 56.2 Å². The van der Waals surface area contributed by atoms with Gasteiger partial charge in [-0.2, -0.15) is 0 Å². The molecule has 0 aliphatic rings. The number of rotatable bonds is 3. The lowest BCUT2D eigenvalue weighted by atomic mass is 10.1. The quantitative estimate of drug-likeness (QED) is 0.573. The Labute approximate surface area is 137 Å². The zero-order valence-electron chi connectivity index (χ0n) is 12.4. The Kier molecular flexibility index (Phi) is 3.35. The van der Waals surface area contributed by atoms with Crippen molar-refractivity contribution < 1.29 is 4.42 Å². The predicted molar refractivity (Wildman–Crippen MR) is 87.5 cm³/mol. The average molecular weight is 325 g/mol. The Balaban J connectivity index is 1.88. The predicted octanol–water partition coefficient (Wildman–Crippen LogP) is 3.94. The summed E-state index contributed by atoms with van der Waals surface area (Å²) in [5.74, 6) is 1.13. The van der Waals surface area contributed by atoms with Crippen LogP contribution in [0.1, 0.15) is 17.5 Å². The summed E-state index contributed by atoms with van der Waals surface area (Å²) in [5.41, 5.74) is 3.78. The molecule has 0 saturated heterocycles. The van der Waals surface area contributed by atoms with E-state index >= 15 is 0 Å². The number of hydrogen-bond donors (Lipinski definition) is 0. The summed E-state index contributed by atoms with van der Waals surface area (Å²) in [7, 11) is 0. The van der Waals surface area contributed by atoms with Crippen LogP contribution in [0.5, 0.6) is 0 Å². The second kappa shape index (κ2) is 5.52. The van der Waals surface area contributed by atoms with Gasteiger partial charge in [0.2, 0.25) is 11.8 Å². The number of fused-ring (bicyclic) bond motifs is 1. The third-order valence-corrected chi connectivity index (χ3v) is 3.89. The monoisotopic (exact) mass is 324 g/mol. The van der Waals surface area contributed by atoms with Crippen molar-refractivity contribution in [3.8, 4) is 11.3 Å². The van der Waals surface area contributed by atoms with Crippen LogP contribution >= 0.6 is 11.6 Å². The van der Waals surface area contributed by atoms with Crippen molar-refractivity contribution in [2.75, 3.05) is 0 Å². The minimum absolute atomic E-state index is 0.518. The molecule has 4 rings (SSSR count). The Morgan fingerprint density at radius 1 is 1.09 bits per heavy atom. The number of hydrogen-bond acceptors (Lipinski definition) is 4. The average Bonchev–Trinajstić information content (AvgIpc) is 3.13. The summed E-state index contributed by atoms with van der Waals surface area (Å²) in [6.45, 7) is 1.78. The molecule has 0 fully saturated rings. The molecule has 0 bridgehead atoms. The molecule has 114 valence electrons. The fourth-order valence-corrected chi connectivity index (χ4v) is 2.73. The van der Waals surface area contributed by atoms with Crippen LogP contribution in [0.3, 0.4) is 0 Å². The number of nitrogens with zero attached hydrogens (tertiary/aromatic N) is 4. The molecule has 0 N–H and O–H groups in total. The van der Waals surface area contributed by atoms with Gasteiger partial charge < -0.3 is 8.82 Å². The normalized spacial score (nSPS) is 11.2. The van der Waals surface area contributed by atoms with Crippen molar-refractivity contribution in [1.29, 1.82) is 0 Å². The van der Waals surface area contributed by atoms with Gasteiger partial charge in [0, 0.05) is 23.7 Å². The lowest BCUT2D eigenvalue weighted by Crippen LogP contribution is -1.97. The third kappa shape index (κ3) is 2.59. The second-order valence-corrected chi connectivity index (χ2v) is 5.67. The van der Waals surface area contributed by atoms with Gasteiger partial charge in [-0.25, -0.2) is 4.98 Å². The standard InChI is InChI=1S/C17H13ClN4O/c1-11-20-21-16(23-11)10-14-17(12-5-7-13(18)8-6-12)19-15-4-2-3-9-22(14)15/h2-9H,10H2,1H3. The van der Waals surface area contributed by atoms with E-state index in [2.05, 4.69) is 10.2 Å². The van der Waals surface area contributed by atoms with Crippen LogP contribution in [0.25, 0.3) is 16.9 Å². The first-order chi connectivity index (χ1) is 11.2. The summed E-state index contributed by atoms with van der Waals surface area (Å²) in [5, 5.41) is 8.70. The maximum atomic E-state index is 5.99. The van der Waals surface area contributed by atoms with E-state index < -0.39 is 0 Å². The van der Waals surface area contributed by atoms with E-state index in [4.69, 9.17) is 21.0 Å². The smallest absolute Gasteiger partial charge is 0.222 e. The molecule has 0 atom stereocenters. The van der Waals surface area contributed by atoms with Crippen molar-refractivity contribution in [1.82, 2.24) is 19.6 Å². The van der Waals surface area contributed by atoms with Crippen LogP contribution in [0, 0.1) is 6.92 Å². The van der Waals surface area contributed by atoms with Gasteiger partial charge in [0.1, 0.15) is 5.65 Å². The summed E-state index contributed by atoms with van der Waals surface area (Å²) >= 11 is 5.99. The van der Waals surface area contributed by atoms with Gasteiger partial charge in [-0.15, -0.1) is 10.2 Å². The number of aryl methyl sites for hydroxylation is 1. The van der Waals surface area contributed by atoms with E-state index in [-0.39, 0.29) is 0 Å². The van der Waals surface area contributed by atoms with Gasteiger partial charge in [-0.3, -0.25) is 0 Å². The molecule has 1 aromatic carbocycles. The fourth-order valence-electron chi connectivity index (χ4n) is 2.61. The Bertz CT molecular complexity index is 972. The van der Waals surface area contributed by atoms with E-state index in [9.17, 15) is 0 Å². The highest BCUT2D eigenvalue weighted by Crippen LogP contribution is 2.27. The molecule has 3 aromatic heterocycles. The molecule has 4 aromatic rings. The highest BCUT2D eigenvalue weighted by Gasteiger charge is 2.16. The van der Waals surface area contributed by atoms with E-state index in [1.165, 1.54) is 0 Å². The van der Waals surface area contributed by atoms with Crippen LogP contribution in [0.2, 0.25) is 5.02 Å². The molecule has 0 amide bonds. The lowest BCUT2D eigenvalue weighted by Gasteiger charge is -2.03. The Morgan fingerprint density at radius 2 is 1.91 bits per heavy atom. The zero-order chi connectivity index (χ0) is 15.8. The summed E-state index contributed by atoms with van der Waals surface area (Å²) < 4.78 is 7.58. The van der Waals surface area contributed by atoms with Gasteiger partial charge in [0.15, 0.2) is 0 Å². The van der Waals surface area contributed by atoms with Crippen molar-refractivity contribution >= 4 is 17.2 Å². The van der Waals surface area contributed by atoms with Crippen LogP contribution in [-0.2, 0) is 6.42 Å². The SMILES string of the molecule is Cc1nnc(Cc2c(-c3ccc(Cl)cc3)nc3ccccn23)o1. The van der Waals surface area contributed by atoms with E-state index in [0.29, 0.717) is 23.2 Å². The molecule has 0 radical (unpaired) electrons. The molecule has 0 aliphatic carbocycles. The largest absolute Gasteiger partial charge is 0.425 e. The van der Waals surface area contributed by atoms with Gasteiger partial charge in [-0.05, 0) is 24.3 Å². The molecular formula is C17H13ClN4O. The molecule has 6 heteroatoms. The first kappa shape index (κ1) is 14.0. The van der Waals surface area contributed by atoms with E-state index in [1.807, 2.05) is 53.1 Å². The molecule has 0 unspecified atom stereocenters. The molecule has 23 heavy (non-hydrogen) atoms. The van der Waals surface area contributed by atoms with Crippen LogP contribution in [0.4, 0.5) is 0 Å². The third-order valence-electron chi connectivity index (χ3n) is 3.63. The van der Waals surface area contributed by atoms with Crippen LogP contribution < -0.4 is 0 Å². The highest BCUT2D eigenvalue weighted by atomic mass is 35.5. The molecule has 0 aliphatic heterocycles. The first-order valence-electron chi connectivity index (χ1n) is 7.21.